The average Bonchev–Trinajstić information content (AvgIpc) is 3.50. The van der Waals surface area contributed by atoms with E-state index in [2.05, 4.69) is 25.4 Å². The molecule has 1 aromatic heterocycles. The molecule has 0 atom stereocenters. The zero-order valence-electron chi connectivity index (χ0n) is 21.5. The maximum Gasteiger partial charge on any atom is 0.314 e. The van der Waals surface area contributed by atoms with Crippen LogP contribution >= 0.6 is 0 Å². The van der Waals surface area contributed by atoms with Gasteiger partial charge in [-0.15, -0.1) is 10.2 Å². The van der Waals surface area contributed by atoms with E-state index in [-0.39, 0.29) is 23.5 Å². The van der Waals surface area contributed by atoms with Crippen molar-refractivity contribution < 1.29 is 19.1 Å². The average molecular weight is 526 g/mol. The molecule has 4 amide bonds. The molecule has 204 valence electrons. The molecule has 0 bridgehead atoms. The first-order valence-electron chi connectivity index (χ1n) is 13.0. The molecule has 13 heteroatoms. The number of hydrogen-bond acceptors (Lipinski definition) is 9. The minimum absolute atomic E-state index is 0.0239. The van der Waals surface area contributed by atoms with Gasteiger partial charge in [-0.2, -0.15) is 4.98 Å². The molecular weight excluding hydrogens is 490 g/mol. The highest BCUT2D eigenvalue weighted by molar-refractivity contribution is 5.97. The number of anilines is 3. The van der Waals surface area contributed by atoms with Crippen molar-refractivity contribution in [3.05, 3.63) is 35.5 Å². The largest absolute Gasteiger partial charge is 0.378 e. The zero-order chi connectivity index (χ0) is 26.9. The Hall–Kier alpha value is -4.00. The summed E-state index contributed by atoms with van der Waals surface area (Å²) < 4.78 is 5.29. The molecule has 0 aliphatic carbocycles. The summed E-state index contributed by atoms with van der Waals surface area (Å²) >= 11 is 0. The molecule has 5 rings (SSSR count). The third-order valence-corrected chi connectivity index (χ3v) is 6.66. The first kappa shape index (κ1) is 27.0. The van der Waals surface area contributed by atoms with Crippen LogP contribution in [0.3, 0.4) is 0 Å². The number of piperidine rings is 1. The number of morpholine rings is 1. The van der Waals surface area contributed by atoms with Crippen molar-refractivity contribution in [3.63, 3.8) is 0 Å². The molecule has 13 nitrogen and oxygen atoms in total. The van der Waals surface area contributed by atoms with Crippen LogP contribution in [0.25, 0.3) is 0 Å². The van der Waals surface area contributed by atoms with Gasteiger partial charge in [-0.1, -0.05) is 0 Å². The lowest BCUT2D eigenvalue weighted by Gasteiger charge is -2.27. The second-order valence-corrected chi connectivity index (χ2v) is 9.36. The van der Waals surface area contributed by atoms with Crippen LogP contribution in [-0.2, 0) is 4.74 Å². The van der Waals surface area contributed by atoms with E-state index in [1.807, 2.05) is 0 Å². The molecule has 38 heavy (non-hydrogen) atoms. The van der Waals surface area contributed by atoms with Crippen molar-refractivity contribution in [1.82, 2.24) is 25.0 Å². The van der Waals surface area contributed by atoms with Gasteiger partial charge in [0, 0.05) is 50.5 Å². The first-order chi connectivity index (χ1) is 18.4. The molecule has 0 saturated carbocycles. The van der Waals surface area contributed by atoms with Gasteiger partial charge in [-0.05, 0) is 56.4 Å². The van der Waals surface area contributed by atoms with E-state index in [0.717, 1.165) is 51.9 Å². The van der Waals surface area contributed by atoms with Crippen molar-refractivity contribution in [2.75, 3.05) is 62.7 Å². The molecule has 3 aliphatic heterocycles. The van der Waals surface area contributed by atoms with Gasteiger partial charge in [0.1, 0.15) is 0 Å². The van der Waals surface area contributed by atoms with Crippen LogP contribution in [0.2, 0.25) is 0 Å². The lowest BCUT2D eigenvalue weighted by molar-refractivity contribution is 0.0303. The van der Waals surface area contributed by atoms with Crippen molar-refractivity contribution in [2.24, 2.45) is 11.5 Å². The number of nitrogens with zero attached hydrogens (tertiary/aromatic N) is 6. The van der Waals surface area contributed by atoms with Gasteiger partial charge < -0.3 is 36.2 Å². The Labute approximate surface area is 221 Å². The van der Waals surface area contributed by atoms with Gasteiger partial charge in [0.15, 0.2) is 11.5 Å². The van der Waals surface area contributed by atoms with Crippen LogP contribution in [0.15, 0.2) is 24.3 Å². The Kier molecular flexibility index (Phi) is 9.25. The van der Waals surface area contributed by atoms with Gasteiger partial charge >= 0.3 is 6.03 Å². The number of benzene rings is 1. The predicted octanol–water partition coefficient (Wildman–Crippen LogP) is 1.34. The summed E-state index contributed by atoms with van der Waals surface area (Å²) in [5.41, 5.74) is 11.7. The van der Waals surface area contributed by atoms with E-state index in [1.165, 1.54) is 6.42 Å². The van der Waals surface area contributed by atoms with Crippen LogP contribution < -0.4 is 21.7 Å². The molecular formula is C25H35N9O4. The first-order valence-corrected chi connectivity index (χ1v) is 13.0. The number of rotatable bonds is 5. The number of carbonyl (C=O) groups is 3. The lowest BCUT2D eigenvalue weighted by Crippen LogP contribution is -2.40. The minimum atomic E-state index is -0.707. The van der Waals surface area contributed by atoms with E-state index in [0.29, 0.717) is 43.5 Å². The van der Waals surface area contributed by atoms with E-state index in [4.69, 9.17) is 16.2 Å². The number of urea groups is 1. The third-order valence-electron chi connectivity index (χ3n) is 6.66. The number of nitrogens with one attached hydrogen (secondary N) is 1. The highest BCUT2D eigenvalue weighted by Gasteiger charge is 2.21. The molecule has 1 aromatic carbocycles. The Morgan fingerprint density at radius 3 is 2.00 bits per heavy atom. The molecule has 0 spiro atoms. The number of amides is 4. The van der Waals surface area contributed by atoms with Crippen LogP contribution in [0, 0.1) is 0 Å². The maximum atomic E-state index is 12.6. The summed E-state index contributed by atoms with van der Waals surface area (Å²) in [6, 6.07) is 6.74. The normalized spacial score (nSPS) is 17.4. The summed E-state index contributed by atoms with van der Waals surface area (Å²) in [6.45, 7) is 5.72. The summed E-state index contributed by atoms with van der Waals surface area (Å²) in [4.78, 5) is 44.7. The number of aromatic nitrogens is 3. The second-order valence-electron chi connectivity index (χ2n) is 9.36. The molecule has 3 fully saturated rings. The Morgan fingerprint density at radius 2 is 1.42 bits per heavy atom. The standard InChI is InChI=1S/C20H25N7O3.C5H10N2O/c21-17(28)16-18(23-20(25-24-16)27-8-2-1-3-9-27)22-15-6-4-14(5-7-15)19(29)26-10-12-30-13-11-26;6-5(8)7-3-1-2-4-7/h4-7H,1-3,8-13H2,(H2,21,28)(H,22,23,25);1-4H2,(H2,6,8). The number of nitrogens with two attached hydrogens (primary N) is 2. The van der Waals surface area contributed by atoms with Gasteiger partial charge in [-0.3, -0.25) is 9.59 Å². The fourth-order valence-electron chi connectivity index (χ4n) is 4.52. The Bertz CT molecular complexity index is 1110. The maximum absolute atomic E-state index is 12.6. The smallest absolute Gasteiger partial charge is 0.314 e. The molecule has 0 radical (unpaired) electrons. The van der Waals surface area contributed by atoms with E-state index in [9.17, 15) is 14.4 Å². The number of likely N-dealkylation sites (tertiary alicyclic amines) is 1. The minimum Gasteiger partial charge on any atom is -0.378 e. The third kappa shape index (κ3) is 7.06. The van der Waals surface area contributed by atoms with E-state index in [1.54, 1.807) is 34.1 Å². The zero-order valence-corrected chi connectivity index (χ0v) is 21.5. The van der Waals surface area contributed by atoms with Crippen molar-refractivity contribution in [2.45, 2.75) is 32.1 Å². The summed E-state index contributed by atoms with van der Waals surface area (Å²) in [5, 5.41) is 11.2. The van der Waals surface area contributed by atoms with Crippen LogP contribution in [0.5, 0.6) is 0 Å². The second kappa shape index (κ2) is 13.0. The molecule has 0 unspecified atom stereocenters. The van der Waals surface area contributed by atoms with Crippen LogP contribution in [0.1, 0.15) is 53.0 Å². The van der Waals surface area contributed by atoms with Crippen LogP contribution in [0.4, 0.5) is 22.2 Å². The summed E-state index contributed by atoms with van der Waals surface area (Å²) in [5.74, 6) is -0.00721. The highest BCUT2D eigenvalue weighted by Crippen LogP contribution is 2.22. The number of hydrogen-bond donors (Lipinski definition) is 3. The predicted molar refractivity (Wildman–Crippen MR) is 141 cm³/mol. The molecule has 3 saturated heterocycles. The Morgan fingerprint density at radius 1 is 0.789 bits per heavy atom. The Balaban J connectivity index is 0.000000360. The molecule has 3 aliphatic rings. The topological polar surface area (TPSA) is 173 Å². The SMILES string of the molecule is NC(=O)N1CCCC1.NC(=O)c1nnc(N2CCCCC2)nc1Nc1ccc(C(=O)N2CCOCC2)cc1. The van der Waals surface area contributed by atoms with Crippen molar-refractivity contribution in [3.8, 4) is 0 Å². The highest BCUT2D eigenvalue weighted by atomic mass is 16.5. The molecule has 5 N–H and O–H groups in total. The van der Waals surface area contributed by atoms with Crippen molar-refractivity contribution in [1.29, 1.82) is 0 Å². The van der Waals surface area contributed by atoms with E-state index >= 15 is 0 Å². The van der Waals surface area contributed by atoms with Gasteiger partial charge in [0.25, 0.3) is 11.8 Å². The van der Waals surface area contributed by atoms with Gasteiger partial charge in [-0.25, -0.2) is 4.79 Å². The van der Waals surface area contributed by atoms with E-state index < -0.39 is 5.91 Å². The van der Waals surface area contributed by atoms with Crippen molar-refractivity contribution >= 4 is 35.3 Å². The number of ether oxygens (including phenoxy) is 1. The number of primary amides is 2. The fraction of sp³-hybridized carbons (Fsp3) is 0.520. The number of carbonyl (C=O) groups excluding carboxylic acids is 3. The summed E-state index contributed by atoms with van der Waals surface area (Å²) in [7, 11) is 0. The van der Waals surface area contributed by atoms with Gasteiger partial charge in [0.2, 0.25) is 5.95 Å². The summed E-state index contributed by atoms with van der Waals surface area (Å²) in [6.07, 6.45) is 5.56. The quantitative estimate of drug-likeness (QED) is 0.520. The van der Waals surface area contributed by atoms with Gasteiger partial charge in [0.05, 0.1) is 13.2 Å². The lowest BCUT2D eigenvalue weighted by atomic mass is 10.1. The monoisotopic (exact) mass is 525 g/mol. The molecule has 2 aromatic rings. The molecule has 4 heterocycles. The van der Waals surface area contributed by atoms with Crippen LogP contribution in [-0.4, -0.2) is 95.3 Å². The fourth-order valence-corrected chi connectivity index (χ4v) is 4.52.